The Kier molecular flexibility index (Phi) is 5.47. The second-order valence-corrected chi connectivity index (χ2v) is 8.31. The number of nitrogens with zero attached hydrogens (tertiary/aromatic N) is 3. The molecule has 0 spiro atoms. The third kappa shape index (κ3) is 4.75. The minimum absolute atomic E-state index is 0.0377. The van der Waals surface area contributed by atoms with Crippen LogP contribution in [-0.4, -0.2) is 25.2 Å². The molecular formula is C17H18N6O3S2. The third-order valence-corrected chi connectivity index (χ3v) is 5.62. The van der Waals surface area contributed by atoms with Crippen molar-refractivity contribution in [2.45, 2.75) is 18.2 Å². The van der Waals surface area contributed by atoms with Crippen LogP contribution in [0.4, 0.5) is 5.13 Å². The molecule has 1 aromatic carbocycles. The Hall–Kier alpha value is -3.18. The molecule has 0 radical (unpaired) electrons. The van der Waals surface area contributed by atoms with Gasteiger partial charge in [0.25, 0.3) is 10.0 Å². The van der Waals surface area contributed by atoms with Crippen molar-refractivity contribution in [1.29, 1.82) is 0 Å². The summed E-state index contributed by atoms with van der Waals surface area (Å²) in [7, 11) is -3.88. The molecule has 0 bridgehead atoms. The van der Waals surface area contributed by atoms with Gasteiger partial charge in [-0.1, -0.05) is 17.7 Å². The second-order valence-electron chi connectivity index (χ2n) is 5.87. The molecule has 2 heterocycles. The highest BCUT2D eigenvalue weighted by atomic mass is 32.2. The Bertz CT molecular complexity index is 1140. The molecule has 0 aliphatic heterocycles. The Morgan fingerprint density at radius 3 is 2.54 bits per heavy atom. The lowest BCUT2D eigenvalue weighted by Crippen LogP contribution is -2.21. The second kappa shape index (κ2) is 7.82. The fourth-order valence-corrected chi connectivity index (χ4v) is 3.93. The molecule has 146 valence electrons. The predicted octanol–water partition coefficient (Wildman–Crippen LogP) is 1.91. The largest absolute Gasteiger partial charge is 0.459 e. The van der Waals surface area contributed by atoms with E-state index in [1.807, 2.05) is 6.92 Å². The van der Waals surface area contributed by atoms with Crippen LogP contribution in [-0.2, 0) is 16.4 Å². The van der Waals surface area contributed by atoms with E-state index < -0.39 is 10.0 Å². The highest BCUT2D eigenvalue weighted by Gasteiger charge is 2.15. The molecule has 3 aromatic rings. The first-order chi connectivity index (χ1) is 13.2. The molecule has 11 heteroatoms. The van der Waals surface area contributed by atoms with Gasteiger partial charge in [0, 0.05) is 5.38 Å². The molecule has 9 nitrogen and oxygen atoms in total. The van der Waals surface area contributed by atoms with Gasteiger partial charge in [0.2, 0.25) is 5.13 Å². The van der Waals surface area contributed by atoms with E-state index in [-0.39, 0.29) is 23.1 Å². The topological polar surface area (TPSA) is 163 Å². The van der Waals surface area contributed by atoms with Crippen LogP contribution >= 0.6 is 11.3 Å². The minimum atomic E-state index is -3.88. The molecule has 0 atom stereocenters. The Labute approximate surface area is 165 Å². The summed E-state index contributed by atoms with van der Waals surface area (Å²) in [5, 5.41) is 2.14. The Morgan fingerprint density at radius 2 is 1.86 bits per heavy atom. The molecule has 3 rings (SSSR count). The average Bonchev–Trinajstić information content (AvgIpc) is 3.23. The van der Waals surface area contributed by atoms with Crippen molar-refractivity contribution in [3.05, 3.63) is 53.1 Å². The van der Waals surface area contributed by atoms with Crippen molar-refractivity contribution in [3.8, 4) is 11.5 Å². The third-order valence-electron chi connectivity index (χ3n) is 3.54. The molecule has 0 saturated heterocycles. The van der Waals surface area contributed by atoms with Crippen LogP contribution in [0.1, 0.15) is 11.3 Å². The van der Waals surface area contributed by atoms with E-state index in [0.717, 1.165) is 5.56 Å². The van der Waals surface area contributed by atoms with Gasteiger partial charge in [-0.3, -0.25) is 0 Å². The van der Waals surface area contributed by atoms with E-state index in [2.05, 4.69) is 14.4 Å². The maximum Gasteiger partial charge on any atom is 0.283 e. The lowest BCUT2D eigenvalue weighted by atomic mass is 10.2. The number of aliphatic imine (C=N–C) groups is 1. The van der Waals surface area contributed by atoms with Crippen LogP contribution in [0.5, 0.6) is 0 Å². The summed E-state index contributed by atoms with van der Waals surface area (Å²) in [4.78, 5) is 8.19. The summed E-state index contributed by atoms with van der Waals surface area (Å²) in [6, 6.07) is 9.75. The number of aryl methyl sites for hydroxylation is 1. The van der Waals surface area contributed by atoms with Crippen molar-refractivity contribution >= 4 is 38.3 Å². The number of benzene rings is 1. The van der Waals surface area contributed by atoms with Crippen molar-refractivity contribution in [2.24, 2.45) is 26.6 Å². The first kappa shape index (κ1) is 19.6. The fourth-order valence-electron chi connectivity index (χ4n) is 2.28. The van der Waals surface area contributed by atoms with Crippen molar-refractivity contribution in [1.82, 2.24) is 4.98 Å². The number of nitrogens with two attached hydrogens (primary N) is 3. The van der Waals surface area contributed by atoms with Crippen LogP contribution in [0.25, 0.3) is 11.5 Å². The number of guanidine groups is 1. The van der Waals surface area contributed by atoms with Crippen LogP contribution < -0.4 is 17.2 Å². The molecule has 28 heavy (non-hydrogen) atoms. The SMILES string of the molecule is Cc1ccc(S(=O)(=O)N=C(N)Cc2ccc(-c3csc(N=C(N)N)n3)o2)cc1. The van der Waals surface area contributed by atoms with E-state index in [1.54, 1.807) is 29.6 Å². The number of rotatable bonds is 6. The number of amidine groups is 1. The molecule has 0 amide bonds. The summed E-state index contributed by atoms with van der Waals surface area (Å²) in [6.07, 6.45) is 0.0377. The highest BCUT2D eigenvalue weighted by Crippen LogP contribution is 2.28. The monoisotopic (exact) mass is 418 g/mol. The maximum atomic E-state index is 12.3. The first-order valence-electron chi connectivity index (χ1n) is 8.03. The van der Waals surface area contributed by atoms with Crippen molar-refractivity contribution in [2.75, 3.05) is 0 Å². The van der Waals surface area contributed by atoms with Gasteiger partial charge < -0.3 is 21.6 Å². The van der Waals surface area contributed by atoms with Gasteiger partial charge in [-0.05, 0) is 31.2 Å². The van der Waals surface area contributed by atoms with Gasteiger partial charge in [0.15, 0.2) is 11.7 Å². The fraction of sp³-hybridized carbons (Fsp3) is 0.118. The normalized spacial score (nSPS) is 12.1. The number of hydrogen-bond donors (Lipinski definition) is 3. The van der Waals surface area contributed by atoms with Gasteiger partial charge in [-0.15, -0.1) is 15.7 Å². The van der Waals surface area contributed by atoms with E-state index in [0.29, 0.717) is 22.3 Å². The zero-order valence-corrected chi connectivity index (χ0v) is 16.5. The summed E-state index contributed by atoms with van der Waals surface area (Å²) < 4.78 is 34.0. The molecule has 0 aliphatic carbocycles. The van der Waals surface area contributed by atoms with Gasteiger partial charge in [-0.25, -0.2) is 4.98 Å². The van der Waals surface area contributed by atoms with Crippen molar-refractivity contribution < 1.29 is 12.8 Å². The number of sulfonamides is 1. The number of furan rings is 1. The zero-order chi connectivity index (χ0) is 20.3. The van der Waals surface area contributed by atoms with Gasteiger partial charge >= 0.3 is 0 Å². The summed E-state index contributed by atoms with van der Waals surface area (Å²) in [5.74, 6) is 0.769. The highest BCUT2D eigenvalue weighted by molar-refractivity contribution is 7.90. The summed E-state index contributed by atoms with van der Waals surface area (Å²) >= 11 is 1.26. The molecule has 6 N–H and O–H groups in total. The lowest BCUT2D eigenvalue weighted by Gasteiger charge is -2.02. The first-order valence-corrected chi connectivity index (χ1v) is 10.3. The molecule has 0 unspecified atom stereocenters. The molecule has 2 aromatic heterocycles. The summed E-state index contributed by atoms with van der Waals surface area (Å²) in [6.45, 7) is 1.87. The predicted molar refractivity (Wildman–Crippen MR) is 109 cm³/mol. The molecule has 0 aliphatic rings. The number of hydrogen-bond acceptors (Lipinski definition) is 6. The lowest BCUT2D eigenvalue weighted by molar-refractivity contribution is 0.538. The maximum absolute atomic E-state index is 12.3. The Morgan fingerprint density at radius 1 is 1.14 bits per heavy atom. The van der Waals surface area contributed by atoms with Crippen LogP contribution in [0.3, 0.4) is 0 Å². The molecule has 0 fully saturated rings. The average molecular weight is 419 g/mol. The number of thiazole rings is 1. The van der Waals surface area contributed by atoms with Gasteiger partial charge in [0.05, 0.1) is 11.3 Å². The number of aromatic nitrogens is 1. The van der Waals surface area contributed by atoms with Crippen molar-refractivity contribution in [3.63, 3.8) is 0 Å². The van der Waals surface area contributed by atoms with E-state index in [9.17, 15) is 8.42 Å². The Balaban J connectivity index is 1.75. The molecule has 0 saturated carbocycles. The minimum Gasteiger partial charge on any atom is -0.459 e. The van der Waals surface area contributed by atoms with Gasteiger partial charge in [0.1, 0.15) is 17.3 Å². The molecular weight excluding hydrogens is 400 g/mol. The standard InChI is InChI=1S/C17H18N6O3S2/c1-10-2-5-12(6-3-10)28(24,25)23-15(18)8-11-4-7-14(26-11)13-9-27-17(21-13)22-16(19)20/h2-7,9H,8H2,1H3,(H2,18,23)(H4,19,20,21,22). The van der Waals surface area contributed by atoms with Crippen LogP contribution in [0.2, 0.25) is 0 Å². The van der Waals surface area contributed by atoms with E-state index >= 15 is 0 Å². The summed E-state index contributed by atoms with van der Waals surface area (Å²) in [5.41, 5.74) is 18.0. The zero-order valence-electron chi connectivity index (χ0n) is 14.9. The quantitative estimate of drug-likeness (QED) is 0.406. The van der Waals surface area contributed by atoms with Crippen LogP contribution in [0, 0.1) is 6.92 Å². The smallest absolute Gasteiger partial charge is 0.283 e. The van der Waals surface area contributed by atoms with Gasteiger partial charge in [-0.2, -0.15) is 13.4 Å². The van der Waals surface area contributed by atoms with E-state index in [4.69, 9.17) is 21.6 Å². The van der Waals surface area contributed by atoms with Crippen LogP contribution in [0.15, 0.2) is 60.5 Å². The van der Waals surface area contributed by atoms with E-state index in [1.165, 1.54) is 23.5 Å².